The maximum atomic E-state index is 12.8. The van der Waals surface area contributed by atoms with Crippen LogP contribution in [0.1, 0.15) is 25.3 Å². The highest BCUT2D eigenvalue weighted by molar-refractivity contribution is 5.94. The molecule has 12 heteroatoms. The van der Waals surface area contributed by atoms with Gasteiger partial charge in [-0.1, -0.05) is 30.3 Å². The smallest absolute Gasteiger partial charge is 0.328 e. The quantitative estimate of drug-likeness (QED) is 0.176. The third-order valence-corrected chi connectivity index (χ3v) is 4.47. The van der Waals surface area contributed by atoms with Gasteiger partial charge in [-0.05, 0) is 18.9 Å². The normalized spacial score (nSPS) is 14.3. The Morgan fingerprint density at radius 1 is 0.906 bits per heavy atom. The number of hydrogen-bond donors (Lipinski definition) is 7. The summed E-state index contributed by atoms with van der Waals surface area (Å²) in [5, 5.41) is 33.6. The average Bonchev–Trinajstić information content (AvgIpc) is 2.75. The molecule has 32 heavy (non-hydrogen) atoms. The van der Waals surface area contributed by atoms with Crippen molar-refractivity contribution in [2.75, 3.05) is 6.61 Å². The number of carboxylic acid groups (broad SMARTS) is 2. The Morgan fingerprint density at radius 3 is 2.03 bits per heavy atom. The number of rotatable bonds is 13. The highest BCUT2D eigenvalue weighted by atomic mass is 16.4. The van der Waals surface area contributed by atoms with Crippen LogP contribution in [0.15, 0.2) is 30.3 Å². The number of aliphatic carboxylic acids is 2. The summed E-state index contributed by atoms with van der Waals surface area (Å²) in [5.41, 5.74) is 6.41. The first kappa shape index (κ1) is 26.5. The molecule has 0 bridgehead atoms. The first-order valence-electron chi connectivity index (χ1n) is 9.81. The van der Waals surface area contributed by atoms with Crippen molar-refractivity contribution in [3.8, 4) is 0 Å². The number of aliphatic hydroxyl groups excluding tert-OH is 1. The minimum absolute atomic E-state index is 0.0623. The molecule has 1 rings (SSSR count). The molecule has 0 radical (unpaired) electrons. The van der Waals surface area contributed by atoms with E-state index in [4.69, 9.17) is 21.1 Å². The van der Waals surface area contributed by atoms with E-state index in [0.717, 1.165) is 0 Å². The van der Waals surface area contributed by atoms with Gasteiger partial charge < -0.3 is 37.0 Å². The van der Waals surface area contributed by atoms with Crippen LogP contribution in [0.3, 0.4) is 0 Å². The second-order valence-electron chi connectivity index (χ2n) is 7.10. The SMILES string of the molecule is CC(NC(=O)C(Cc1ccccc1)NC(=O)C(N)CCC(=O)O)C(=O)NC(CO)C(=O)O. The molecule has 4 atom stereocenters. The molecule has 0 aliphatic heterocycles. The summed E-state index contributed by atoms with van der Waals surface area (Å²) < 4.78 is 0. The van der Waals surface area contributed by atoms with Crippen LogP contribution in [0.4, 0.5) is 0 Å². The molecule has 1 aromatic rings. The number of aliphatic hydroxyl groups is 1. The summed E-state index contributed by atoms with van der Waals surface area (Å²) in [6.07, 6.45) is -0.388. The van der Waals surface area contributed by atoms with Crippen LogP contribution in [-0.2, 0) is 30.4 Å². The molecule has 0 spiro atoms. The number of hydrogen-bond acceptors (Lipinski definition) is 7. The van der Waals surface area contributed by atoms with E-state index in [1.165, 1.54) is 6.92 Å². The van der Waals surface area contributed by atoms with Crippen molar-refractivity contribution in [2.24, 2.45) is 5.73 Å². The number of benzene rings is 1. The molecule has 12 nitrogen and oxygen atoms in total. The van der Waals surface area contributed by atoms with E-state index in [0.29, 0.717) is 5.56 Å². The van der Waals surface area contributed by atoms with Gasteiger partial charge in [-0.3, -0.25) is 19.2 Å². The second-order valence-corrected chi connectivity index (χ2v) is 7.10. The Morgan fingerprint density at radius 2 is 1.50 bits per heavy atom. The molecule has 0 saturated heterocycles. The van der Waals surface area contributed by atoms with Crippen molar-refractivity contribution in [1.82, 2.24) is 16.0 Å². The van der Waals surface area contributed by atoms with E-state index in [-0.39, 0.29) is 19.3 Å². The third-order valence-electron chi connectivity index (χ3n) is 4.47. The minimum Gasteiger partial charge on any atom is -0.481 e. The van der Waals surface area contributed by atoms with E-state index in [2.05, 4.69) is 16.0 Å². The topological polar surface area (TPSA) is 208 Å². The van der Waals surface area contributed by atoms with Crippen LogP contribution in [0.2, 0.25) is 0 Å². The summed E-state index contributed by atoms with van der Waals surface area (Å²) in [6.45, 7) is 0.478. The predicted molar refractivity (Wildman–Crippen MR) is 111 cm³/mol. The summed E-state index contributed by atoms with van der Waals surface area (Å²) in [5.74, 6) is -4.86. The lowest BCUT2D eigenvalue weighted by Gasteiger charge is -2.23. The van der Waals surface area contributed by atoms with Crippen LogP contribution in [0.25, 0.3) is 0 Å². The molecule has 0 aliphatic carbocycles. The Bertz CT molecular complexity index is 817. The van der Waals surface area contributed by atoms with Crippen molar-refractivity contribution < 1.29 is 39.3 Å². The van der Waals surface area contributed by atoms with Gasteiger partial charge in [0, 0.05) is 12.8 Å². The Kier molecular flexibility index (Phi) is 10.8. The van der Waals surface area contributed by atoms with Gasteiger partial charge in [0.05, 0.1) is 12.6 Å². The van der Waals surface area contributed by atoms with Gasteiger partial charge in [-0.15, -0.1) is 0 Å². The fourth-order valence-electron chi connectivity index (χ4n) is 2.61. The Balaban J connectivity index is 2.87. The monoisotopic (exact) mass is 452 g/mol. The largest absolute Gasteiger partial charge is 0.481 e. The molecule has 8 N–H and O–H groups in total. The first-order chi connectivity index (χ1) is 15.0. The summed E-state index contributed by atoms with van der Waals surface area (Å²) >= 11 is 0. The molecular weight excluding hydrogens is 424 g/mol. The lowest BCUT2D eigenvalue weighted by atomic mass is 10.0. The van der Waals surface area contributed by atoms with Gasteiger partial charge in [0.2, 0.25) is 17.7 Å². The summed E-state index contributed by atoms with van der Waals surface area (Å²) in [7, 11) is 0. The summed E-state index contributed by atoms with van der Waals surface area (Å²) in [4.78, 5) is 58.9. The molecule has 0 fully saturated rings. The van der Waals surface area contributed by atoms with Crippen molar-refractivity contribution >= 4 is 29.7 Å². The fourth-order valence-corrected chi connectivity index (χ4v) is 2.61. The molecule has 4 unspecified atom stereocenters. The lowest BCUT2D eigenvalue weighted by Crippen LogP contribution is -2.57. The second kappa shape index (κ2) is 13.0. The Hall–Kier alpha value is -3.51. The highest BCUT2D eigenvalue weighted by Gasteiger charge is 2.28. The van der Waals surface area contributed by atoms with Crippen LogP contribution >= 0.6 is 0 Å². The maximum absolute atomic E-state index is 12.8. The lowest BCUT2D eigenvalue weighted by molar-refractivity contribution is -0.143. The number of carboxylic acids is 2. The zero-order chi connectivity index (χ0) is 24.3. The molecule has 176 valence electrons. The first-order valence-corrected chi connectivity index (χ1v) is 9.81. The minimum atomic E-state index is -1.53. The van der Waals surface area contributed by atoms with E-state index in [9.17, 15) is 24.0 Å². The standard InChI is InChI=1S/C20H28N4O8/c1-11(17(28)24-15(10-25)20(31)32)22-19(30)14(9-12-5-3-2-4-6-12)23-18(29)13(21)7-8-16(26)27/h2-6,11,13-15,25H,7-10,21H2,1H3,(H,22,30)(H,23,29)(H,24,28)(H,26,27)(H,31,32). The van der Waals surface area contributed by atoms with Gasteiger partial charge in [0.15, 0.2) is 0 Å². The molecule has 0 aromatic heterocycles. The van der Waals surface area contributed by atoms with E-state index < -0.39 is 60.4 Å². The Labute approximate surface area is 184 Å². The van der Waals surface area contributed by atoms with Crippen molar-refractivity contribution in [2.45, 2.75) is 50.4 Å². The number of amides is 3. The molecule has 0 saturated carbocycles. The van der Waals surface area contributed by atoms with Gasteiger partial charge in [0.25, 0.3) is 0 Å². The number of nitrogens with one attached hydrogen (secondary N) is 3. The van der Waals surface area contributed by atoms with Crippen molar-refractivity contribution in [3.05, 3.63) is 35.9 Å². The van der Waals surface area contributed by atoms with Crippen LogP contribution in [-0.4, -0.2) is 75.8 Å². The molecule has 1 aromatic carbocycles. The average molecular weight is 452 g/mol. The molecule has 3 amide bonds. The van der Waals surface area contributed by atoms with Gasteiger partial charge >= 0.3 is 11.9 Å². The van der Waals surface area contributed by atoms with E-state index in [1.54, 1.807) is 30.3 Å². The van der Waals surface area contributed by atoms with Crippen molar-refractivity contribution in [3.63, 3.8) is 0 Å². The van der Waals surface area contributed by atoms with Crippen molar-refractivity contribution in [1.29, 1.82) is 0 Å². The molecular formula is C20H28N4O8. The third kappa shape index (κ3) is 9.10. The van der Waals surface area contributed by atoms with Gasteiger partial charge in [-0.25, -0.2) is 4.79 Å². The van der Waals surface area contributed by atoms with Crippen LogP contribution < -0.4 is 21.7 Å². The fraction of sp³-hybridized carbons (Fsp3) is 0.450. The van der Waals surface area contributed by atoms with Gasteiger partial charge in [-0.2, -0.15) is 0 Å². The number of nitrogens with two attached hydrogens (primary N) is 1. The molecule has 0 heterocycles. The van der Waals surface area contributed by atoms with Crippen LogP contribution in [0, 0.1) is 0 Å². The maximum Gasteiger partial charge on any atom is 0.328 e. The van der Waals surface area contributed by atoms with E-state index >= 15 is 0 Å². The zero-order valence-corrected chi connectivity index (χ0v) is 17.5. The highest BCUT2D eigenvalue weighted by Crippen LogP contribution is 2.05. The predicted octanol–water partition coefficient (Wildman–Crippen LogP) is -2.03. The zero-order valence-electron chi connectivity index (χ0n) is 17.5. The van der Waals surface area contributed by atoms with E-state index in [1.807, 2.05) is 0 Å². The summed E-state index contributed by atoms with van der Waals surface area (Å²) in [6, 6.07) is 3.70. The molecule has 0 aliphatic rings. The number of carbonyl (C=O) groups excluding carboxylic acids is 3. The number of carbonyl (C=O) groups is 5. The van der Waals surface area contributed by atoms with Crippen LogP contribution in [0.5, 0.6) is 0 Å². The van der Waals surface area contributed by atoms with Gasteiger partial charge in [0.1, 0.15) is 18.1 Å².